The van der Waals surface area contributed by atoms with Crippen LogP contribution >= 0.6 is 0 Å². The number of carboxylic acid groups (broad SMARTS) is 1. The van der Waals surface area contributed by atoms with E-state index in [-0.39, 0.29) is 12.3 Å². The van der Waals surface area contributed by atoms with Crippen LogP contribution in [0.2, 0.25) is 0 Å². The highest BCUT2D eigenvalue weighted by Gasteiger charge is 2.19. The molecule has 1 heterocycles. The van der Waals surface area contributed by atoms with Gasteiger partial charge in [-0.3, -0.25) is 4.79 Å². The molecule has 0 aliphatic rings. The Hall–Kier alpha value is -2.73. The number of aromatic amines is 1. The summed E-state index contributed by atoms with van der Waals surface area (Å²) in [5.41, 5.74) is 3.68. The number of carboxylic acids is 1. The summed E-state index contributed by atoms with van der Waals surface area (Å²) >= 11 is 0. The van der Waals surface area contributed by atoms with Gasteiger partial charge in [-0.05, 0) is 37.1 Å². The zero-order chi connectivity index (χ0) is 17.5. The molecule has 0 fully saturated rings. The Morgan fingerprint density at radius 3 is 2.71 bits per heavy atom. The van der Waals surface area contributed by atoms with E-state index in [2.05, 4.69) is 10.3 Å². The zero-order valence-electron chi connectivity index (χ0n) is 13.8. The van der Waals surface area contributed by atoms with Gasteiger partial charge in [0.25, 0.3) is 0 Å². The Morgan fingerprint density at radius 1 is 1.25 bits per heavy atom. The summed E-state index contributed by atoms with van der Waals surface area (Å²) in [6.45, 7) is 4.32. The van der Waals surface area contributed by atoms with E-state index in [1.807, 2.05) is 38.1 Å². The number of aromatic nitrogens is 1. The van der Waals surface area contributed by atoms with Crippen LogP contribution in [0.5, 0.6) is 0 Å². The number of carbonyl (C=O) groups excluding carboxylic acids is 2. The standard InChI is InChI=1S/C18H21N3O3/c1-12-5-3-7-15(13(12)2)21-17(22)9-16(18(23)24)20-11-14-6-4-8-19-10-14/h3-8,10,16,20H,9,11H2,1-2H3,(H,21,22)(H,23,24)/p+1. The van der Waals surface area contributed by atoms with E-state index in [4.69, 9.17) is 0 Å². The van der Waals surface area contributed by atoms with Gasteiger partial charge in [-0.25, -0.2) is 4.98 Å². The normalized spacial score (nSPS) is 11.8. The van der Waals surface area contributed by atoms with Crippen molar-refractivity contribution in [2.75, 3.05) is 5.32 Å². The number of nitrogens with one attached hydrogen (secondary N) is 2. The maximum atomic E-state index is 12.2. The average molecular weight is 328 g/mol. The molecular formula is C18H22N3O3+. The maximum Gasteiger partial charge on any atom is 0.230 e. The Bertz CT molecular complexity index is 717. The molecule has 6 heteroatoms. The van der Waals surface area contributed by atoms with Crippen LogP contribution in [0.3, 0.4) is 0 Å². The number of aryl methyl sites for hydroxylation is 1. The molecule has 0 saturated heterocycles. The number of rotatable bonds is 7. The lowest BCUT2D eigenvalue weighted by Crippen LogP contribution is -2.92. The van der Waals surface area contributed by atoms with Crippen molar-refractivity contribution in [2.45, 2.75) is 32.9 Å². The number of amides is 1. The van der Waals surface area contributed by atoms with Gasteiger partial charge in [0.15, 0.2) is 12.4 Å². The Morgan fingerprint density at radius 2 is 2.04 bits per heavy atom. The molecule has 1 amide bonds. The number of hydrogen-bond donors (Lipinski definition) is 2. The van der Waals surface area contributed by atoms with Gasteiger partial charge in [-0.15, -0.1) is 0 Å². The molecule has 6 nitrogen and oxygen atoms in total. The van der Waals surface area contributed by atoms with Crippen LogP contribution < -0.4 is 20.7 Å². The van der Waals surface area contributed by atoms with Crippen LogP contribution in [0.15, 0.2) is 42.7 Å². The van der Waals surface area contributed by atoms with Crippen LogP contribution in [0, 0.1) is 13.8 Å². The molecule has 1 unspecified atom stereocenters. The lowest BCUT2D eigenvalue weighted by atomic mass is 10.1. The monoisotopic (exact) mass is 328 g/mol. The van der Waals surface area contributed by atoms with Crippen molar-refractivity contribution in [3.05, 3.63) is 59.4 Å². The highest BCUT2D eigenvalue weighted by atomic mass is 16.4. The lowest BCUT2D eigenvalue weighted by molar-refractivity contribution is -0.697. The highest BCUT2D eigenvalue weighted by Crippen LogP contribution is 2.18. The van der Waals surface area contributed by atoms with Crippen LogP contribution in [-0.4, -0.2) is 17.9 Å². The van der Waals surface area contributed by atoms with Crippen molar-refractivity contribution >= 4 is 17.6 Å². The first-order valence-corrected chi connectivity index (χ1v) is 7.82. The SMILES string of the molecule is Cc1cccc(NC(=O)CC([NH2+]Cc2ccc[nH+]c2)C(=O)[O-])c1C. The molecule has 2 aromatic rings. The second-order valence-corrected chi connectivity index (χ2v) is 5.78. The molecule has 1 aromatic carbocycles. The second-order valence-electron chi connectivity index (χ2n) is 5.78. The molecule has 0 saturated carbocycles. The summed E-state index contributed by atoms with van der Waals surface area (Å²) in [5, 5.41) is 15.7. The minimum atomic E-state index is -1.24. The molecule has 24 heavy (non-hydrogen) atoms. The third-order valence-electron chi connectivity index (χ3n) is 4.00. The molecular weight excluding hydrogens is 306 g/mol. The number of anilines is 1. The van der Waals surface area contributed by atoms with Crippen molar-refractivity contribution in [1.82, 2.24) is 0 Å². The lowest BCUT2D eigenvalue weighted by Gasteiger charge is -2.17. The number of nitrogens with two attached hydrogens (primary N) is 1. The Kier molecular flexibility index (Phi) is 6.03. The number of quaternary nitrogens is 1. The number of aliphatic carboxylic acids is 1. The minimum absolute atomic E-state index is 0.147. The smallest absolute Gasteiger partial charge is 0.230 e. The number of H-pyrrole nitrogens is 1. The predicted molar refractivity (Wildman–Crippen MR) is 86.6 cm³/mol. The fraction of sp³-hybridized carbons (Fsp3) is 0.278. The van der Waals surface area contributed by atoms with Gasteiger partial charge in [0.2, 0.25) is 5.91 Å². The molecule has 0 radical (unpaired) electrons. The van der Waals surface area contributed by atoms with E-state index >= 15 is 0 Å². The van der Waals surface area contributed by atoms with Gasteiger partial charge in [0.05, 0.1) is 18.0 Å². The van der Waals surface area contributed by atoms with Crippen LogP contribution in [0.1, 0.15) is 23.1 Å². The Balaban J connectivity index is 1.95. The summed E-state index contributed by atoms with van der Waals surface area (Å²) in [5.74, 6) is -1.58. The topological polar surface area (TPSA) is 100.0 Å². The number of carbonyl (C=O) groups is 2. The van der Waals surface area contributed by atoms with Gasteiger partial charge in [0.1, 0.15) is 12.6 Å². The molecule has 0 aliphatic carbocycles. The average Bonchev–Trinajstić information content (AvgIpc) is 2.56. The summed E-state index contributed by atoms with van der Waals surface area (Å²) in [6.07, 6.45) is 3.42. The van der Waals surface area contributed by atoms with Crippen molar-refractivity contribution in [3.63, 3.8) is 0 Å². The van der Waals surface area contributed by atoms with E-state index < -0.39 is 12.0 Å². The molecule has 126 valence electrons. The van der Waals surface area contributed by atoms with Crippen molar-refractivity contribution in [2.24, 2.45) is 0 Å². The van der Waals surface area contributed by atoms with Crippen molar-refractivity contribution in [3.8, 4) is 0 Å². The molecule has 4 N–H and O–H groups in total. The molecule has 1 aromatic heterocycles. The van der Waals surface area contributed by atoms with Crippen LogP contribution in [0.25, 0.3) is 0 Å². The fourth-order valence-electron chi connectivity index (χ4n) is 2.39. The highest BCUT2D eigenvalue weighted by molar-refractivity contribution is 5.94. The van der Waals surface area contributed by atoms with E-state index in [9.17, 15) is 14.7 Å². The van der Waals surface area contributed by atoms with E-state index in [1.165, 1.54) is 0 Å². The molecule has 2 rings (SSSR count). The van der Waals surface area contributed by atoms with E-state index in [0.717, 1.165) is 16.7 Å². The summed E-state index contributed by atoms with van der Waals surface area (Å²) in [6, 6.07) is 8.40. The quantitative estimate of drug-likeness (QED) is 0.705. The predicted octanol–water partition coefficient (Wildman–Crippen LogP) is -0.672. The summed E-state index contributed by atoms with van der Waals surface area (Å²) in [4.78, 5) is 26.4. The fourth-order valence-corrected chi connectivity index (χ4v) is 2.39. The van der Waals surface area contributed by atoms with Gasteiger partial charge in [0, 0.05) is 11.8 Å². The van der Waals surface area contributed by atoms with Crippen molar-refractivity contribution in [1.29, 1.82) is 0 Å². The Labute approximate surface area is 140 Å². The maximum absolute atomic E-state index is 12.2. The minimum Gasteiger partial charge on any atom is -0.544 e. The molecule has 0 aliphatic heterocycles. The number of pyridine rings is 1. The number of hydrogen-bond acceptors (Lipinski definition) is 3. The summed E-state index contributed by atoms with van der Waals surface area (Å²) < 4.78 is 0. The molecule has 0 bridgehead atoms. The number of benzene rings is 1. The zero-order valence-corrected chi connectivity index (χ0v) is 13.8. The second kappa shape index (κ2) is 8.21. The van der Waals surface area contributed by atoms with Crippen molar-refractivity contribution < 1.29 is 25.0 Å². The third-order valence-corrected chi connectivity index (χ3v) is 4.00. The van der Waals surface area contributed by atoms with Gasteiger partial charge in [-0.1, -0.05) is 12.1 Å². The van der Waals surface area contributed by atoms with Gasteiger partial charge in [-0.2, -0.15) is 0 Å². The molecule has 1 atom stereocenters. The first kappa shape index (κ1) is 17.6. The molecule has 0 spiro atoms. The first-order valence-electron chi connectivity index (χ1n) is 7.82. The van der Waals surface area contributed by atoms with Gasteiger partial charge < -0.3 is 20.5 Å². The van der Waals surface area contributed by atoms with Crippen LogP contribution in [-0.2, 0) is 16.1 Å². The largest absolute Gasteiger partial charge is 0.544 e. The summed E-state index contributed by atoms with van der Waals surface area (Å²) in [7, 11) is 0. The van der Waals surface area contributed by atoms with Gasteiger partial charge >= 0.3 is 0 Å². The van der Waals surface area contributed by atoms with E-state index in [1.54, 1.807) is 23.8 Å². The van der Waals surface area contributed by atoms with Crippen LogP contribution in [0.4, 0.5) is 5.69 Å². The third kappa shape index (κ3) is 4.89. The first-order chi connectivity index (χ1) is 11.5. The van der Waals surface area contributed by atoms with E-state index in [0.29, 0.717) is 12.2 Å².